The van der Waals surface area contributed by atoms with E-state index in [1.807, 2.05) is 0 Å². The van der Waals surface area contributed by atoms with Crippen molar-refractivity contribution < 1.29 is 50.6 Å². The highest BCUT2D eigenvalue weighted by atomic mass is 32.2. The Kier molecular flexibility index (Phi) is 11.3. The third-order valence-corrected chi connectivity index (χ3v) is 6.02. The van der Waals surface area contributed by atoms with Gasteiger partial charge in [-0.1, -0.05) is 12.1 Å². The molecule has 15 heteroatoms. The summed E-state index contributed by atoms with van der Waals surface area (Å²) in [6, 6.07) is 2.69. The topological polar surface area (TPSA) is 160 Å². The van der Waals surface area contributed by atoms with Crippen LogP contribution < -0.4 is 10.6 Å². The number of nitrogens with zero attached hydrogens (tertiary/aromatic N) is 1. The van der Waals surface area contributed by atoms with Gasteiger partial charge in [-0.25, -0.2) is 18.0 Å². The standard InChI is InChI=1S/C25H36F3N3O8S/c1-16(32)30-18-10-8-17(9-11-18)24(35,25(26,27)28)13-15-40(36,37)29-14-12-19(20(33)38-22(2,3)4)31-21(34)39-23(5,6)7/h8-11,14,19,35H,12-13,15H2,1-7H3,(H,30,32)(H,31,34)/t19-,24?/m0/s1. The molecule has 11 nitrogen and oxygen atoms in total. The van der Waals surface area contributed by atoms with Crippen molar-refractivity contribution in [3.05, 3.63) is 29.8 Å². The van der Waals surface area contributed by atoms with Crippen molar-refractivity contribution in [2.45, 2.75) is 90.3 Å². The second-order valence-electron chi connectivity index (χ2n) is 10.9. The summed E-state index contributed by atoms with van der Waals surface area (Å²) in [4.78, 5) is 35.8. The first kappa shape index (κ1) is 34.8. The number of hydrogen-bond donors (Lipinski definition) is 3. The molecule has 1 aromatic carbocycles. The van der Waals surface area contributed by atoms with E-state index >= 15 is 0 Å². The number of alkyl halides is 3. The lowest BCUT2D eigenvalue weighted by atomic mass is 9.90. The Balaban J connectivity index is 3.07. The Morgan fingerprint density at radius 2 is 1.52 bits per heavy atom. The van der Waals surface area contributed by atoms with E-state index in [0.717, 1.165) is 30.5 Å². The van der Waals surface area contributed by atoms with Gasteiger partial charge in [-0.3, -0.25) is 4.79 Å². The number of carbonyl (C=O) groups is 3. The predicted molar refractivity (Wildman–Crippen MR) is 141 cm³/mol. The normalized spacial score (nSPS) is 15.2. The highest BCUT2D eigenvalue weighted by Gasteiger charge is 2.55. The van der Waals surface area contributed by atoms with Crippen LogP contribution in [-0.4, -0.2) is 66.9 Å². The maximum absolute atomic E-state index is 13.8. The molecule has 1 aromatic rings. The lowest BCUT2D eigenvalue weighted by molar-refractivity contribution is -0.267. The monoisotopic (exact) mass is 595 g/mol. The summed E-state index contributed by atoms with van der Waals surface area (Å²) >= 11 is 0. The number of esters is 1. The van der Waals surface area contributed by atoms with Gasteiger partial charge in [0, 0.05) is 31.7 Å². The minimum absolute atomic E-state index is 0.178. The molecule has 226 valence electrons. The summed E-state index contributed by atoms with van der Waals surface area (Å²) < 4.78 is 80.0. The molecule has 40 heavy (non-hydrogen) atoms. The first-order valence-corrected chi connectivity index (χ1v) is 13.7. The average Bonchev–Trinajstić information content (AvgIpc) is 2.73. The molecule has 0 aromatic heterocycles. The van der Waals surface area contributed by atoms with Crippen LogP contribution in [0, 0.1) is 0 Å². The highest BCUT2D eigenvalue weighted by molar-refractivity contribution is 7.90. The van der Waals surface area contributed by atoms with Gasteiger partial charge in [0.05, 0.1) is 5.75 Å². The maximum Gasteiger partial charge on any atom is 0.421 e. The van der Waals surface area contributed by atoms with Gasteiger partial charge in [-0.05, 0) is 59.2 Å². The van der Waals surface area contributed by atoms with E-state index in [-0.39, 0.29) is 5.69 Å². The number of ether oxygens (including phenoxy) is 2. The van der Waals surface area contributed by atoms with Gasteiger partial charge in [0.2, 0.25) is 5.91 Å². The van der Waals surface area contributed by atoms with Crippen molar-refractivity contribution >= 4 is 39.9 Å². The third-order valence-electron chi connectivity index (χ3n) is 4.83. The number of carbonyl (C=O) groups excluding carboxylic acids is 3. The van der Waals surface area contributed by atoms with Gasteiger partial charge in [-0.2, -0.15) is 17.6 Å². The fraction of sp³-hybridized carbons (Fsp3) is 0.600. The molecule has 2 amide bonds. The molecule has 0 aliphatic carbocycles. The molecular weight excluding hydrogens is 559 g/mol. The van der Waals surface area contributed by atoms with E-state index in [0.29, 0.717) is 0 Å². The summed E-state index contributed by atoms with van der Waals surface area (Å²) in [5.41, 5.74) is -5.85. The zero-order valence-electron chi connectivity index (χ0n) is 23.4. The summed E-state index contributed by atoms with van der Waals surface area (Å²) in [5, 5.41) is 15.1. The summed E-state index contributed by atoms with van der Waals surface area (Å²) in [6.45, 7) is 10.7. The molecule has 0 radical (unpaired) electrons. The van der Waals surface area contributed by atoms with E-state index < -0.39 is 81.2 Å². The summed E-state index contributed by atoms with van der Waals surface area (Å²) in [7, 11) is -4.56. The molecule has 1 unspecified atom stereocenters. The number of alkyl carbamates (subject to hydrolysis) is 1. The lowest BCUT2D eigenvalue weighted by Crippen LogP contribution is -2.46. The molecule has 3 N–H and O–H groups in total. The largest absolute Gasteiger partial charge is 0.458 e. The zero-order valence-corrected chi connectivity index (χ0v) is 24.2. The smallest absolute Gasteiger partial charge is 0.421 e. The minimum Gasteiger partial charge on any atom is -0.458 e. The van der Waals surface area contributed by atoms with Gasteiger partial charge in [0.1, 0.15) is 17.2 Å². The molecule has 0 saturated heterocycles. The summed E-state index contributed by atoms with van der Waals surface area (Å²) in [5.74, 6) is -2.59. The second kappa shape index (κ2) is 13.0. The fourth-order valence-corrected chi connectivity index (χ4v) is 4.08. The maximum atomic E-state index is 13.8. The van der Waals surface area contributed by atoms with E-state index in [9.17, 15) is 41.1 Å². The van der Waals surface area contributed by atoms with Crippen LogP contribution in [0.2, 0.25) is 0 Å². The number of anilines is 1. The van der Waals surface area contributed by atoms with Crippen molar-refractivity contribution in [1.29, 1.82) is 0 Å². The quantitative estimate of drug-likeness (QED) is 0.272. The van der Waals surface area contributed by atoms with E-state index in [1.54, 1.807) is 41.5 Å². The van der Waals surface area contributed by atoms with Crippen LogP contribution in [0.5, 0.6) is 0 Å². The number of aliphatic hydroxyl groups is 1. The number of sulfonamides is 1. The number of nitrogens with one attached hydrogen (secondary N) is 2. The van der Waals surface area contributed by atoms with Crippen LogP contribution in [0.1, 0.15) is 66.9 Å². The number of rotatable bonds is 10. The Hall–Kier alpha value is -3.20. The van der Waals surface area contributed by atoms with E-state index in [4.69, 9.17) is 9.47 Å². The van der Waals surface area contributed by atoms with Crippen LogP contribution in [0.15, 0.2) is 28.7 Å². The molecule has 1 rings (SSSR count). The Labute approximate surface area is 231 Å². The molecule has 0 spiro atoms. The molecule has 0 fully saturated rings. The molecule has 2 atom stereocenters. The number of benzene rings is 1. The SMILES string of the molecule is CC(=O)Nc1ccc(C(O)(CCS(=O)(=O)N=CC[C@H](NC(=O)OC(C)(C)C)C(=O)OC(C)(C)C)C(F)(F)F)cc1. The average molecular weight is 596 g/mol. The molecule has 0 bridgehead atoms. The van der Waals surface area contributed by atoms with Gasteiger partial charge >= 0.3 is 18.2 Å². The molecule has 0 heterocycles. The fourth-order valence-electron chi connectivity index (χ4n) is 3.11. The first-order valence-electron chi connectivity index (χ1n) is 12.1. The zero-order chi connectivity index (χ0) is 31.2. The van der Waals surface area contributed by atoms with Crippen molar-refractivity contribution in [3.63, 3.8) is 0 Å². The Morgan fingerprint density at radius 3 is 1.98 bits per heavy atom. The molecule has 0 aliphatic heterocycles. The minimum atomic E-state index is -5.25. The van der Waals surface area contributed by atoms with E-state index in [1.165, 1.54) is 6.92 Å². The van der Waals surface area contributed by atoms with Crippen LogP contribution in [0.25, 0.3) is 0 Å². The van der Waals surface area contributed by atoms with Gasteiger partial charge in [0.15, 0.2) is 5.60 Å². The van der Waals surface area contributed by atoms with Crippen molar-refractivity contribution in [3.8, 4) is 0 Å². The lowest BCUT2D eigenvalue weighted by Gasteiger charge is -2.30. The van der Waals surface area contributed by atoms with E-state index in [2.05, 4.69) is 15.0 Å². The highest BCUT2D eigenvalue weighted by Crippen LogP contribution is 2.42. The third kappa shape index (κ3) is 11.9. The van der Waals surface area contributed by atoms with Gasteiger partial charge < -0.3 is 25.2 Å². The second-order valence-corrected chi connectivity index (χ2v) is 12.7. The van der Waals surface area contributed by atoms with Gasteiger partial charge in [-0.15, -0.1) is 0 Å². The van der Waals surface area contributed by atoms with Gasteiger partial charge in [0.25, 0.3) is 10.0 Å². The van der Waals surface area contributed by atoms with Crippen molar-refractivity contribution in [2.24, 2.45) is 4.40 Å². The Bertz CT molecular complexity index is 1190. The predicted octanol–water partition coefficient (Wildman–Crippen LogP) is 3.81. The van der Waals surface area contributed by atoms with Crippen LogP contribution in [0.4, 0.5) is 23.7 Å². The Morgan fingerprint density at radius 1 is 1.00 bits per heavy atom. The molecule has 0 aliphatic rings. The number of amides is 2. The number of hydrogen-bond acceptors (Lipinski definition) is 8. The summed E-state index contributed by atoms with van der Waals surface area (Å²) in [6.07, 6.45) is -7.26. The first-order chi connectivity index (χ1) is 17.9. The molecule has 0 saturated carbocycles. The van der Waals surface area contributed by atoms with Crippen LogP contribution in [-0.2, 0) is 34.7 Å². The van der Waals surface area contributed by atoms with Crippen LogP contribution >= 0.6 is 0 Å². The van der Waals surface area contributed by atoms with Crippen LogP contribution in [0.3, 0.4) is 0 Å². The molecular formula is C25H36F3N3O8S. The van der Waals surface area contributed by atoms with Crippen molar-refractivity contribution in [2.75, 3.05) is 11.1 Å². The van der Waals surface area contributed by atoms with Crippen molar-refractivity contribution in [1.82, 2.24) is 5.32 Å². The number of halogens is 3.